The molecule has 0 aliphatic rings. The zero-order valence-corrected chi connectivity index (χ0v) is 14.2. The summed E-state index contributed by atoms with van der Waals surface area (Å²) in [4.78, 5) is 3.96. The van der Waals surface area contributed by atoms with Crippen LogP contribution in [-0.2, 0) is 6.42 Å². The molecule has 3 heteroatoms. The first-order valence-electron chi connectivity index (χ1n) is 7.35. The third kappa shape index (κ3) is 5.64. The Morgan fingerprint density at radius 1 is 1.32 bits per heavy atom. The predicted octanol–water partition coefficient (Wildman–Crippen LogP) is 3.78. The van der Waals surface area contributed by atoms with Gasteiger partial charge in [-0.2, -0.15) is 0 Å². The fraction of sp³-hybridized carbons (Fsp3) is 0.750. The van der Waals surface area contributed by atoms with E-state index in [1.165, 1.54) is 4.88 Å². The highest BCUT2D eigenvalue weighted by atomic mass is 32.1. The van der Waals surface area contributed by atoms with Crippen molar-refractivity contribution in [3.8, 4) is 0 Å². The summed E-state index contributed by atoms with van der Waals surface area (Å²) >= 11 is 1.86. The number of nitrogens with one attached hydrogen (secondary N) is 1. The molecule has 1 rings (SSSR count). The zero-order valence-electron chi connectivity index (χ0n) is 13.4. The molecule has 1 aromatic heterocycles. The van der Waals surface area contributed by atoms with E-state index in [-0.39, 0.29) is 5.54 Å². The Labute approximate surface area is 123 Å². The van der Waals surface area contributed by atoms with Crippen LogP contribution in [0.25, 0.3) is 0 Å². The smallest absolute Gasteiger partial charge is 0.0192 e. The van der Waals surface area contributed by atoms with Crippen LogP contribution in [0, 0.1) is 0 Å². The van der Waals surface area contributed by atoms with E-state index in [1.807, 2.05) is 11.3 Å². The zero-order chi connectivity index (χ0) is 14.5. The van der Waals surface area contributed by atoms with Gasteiger partial charge in [0, 0.05) is 29.0 Å². The van der Waals surface area contributed by atoms with Crippen LogP contribution in [0.15, 0.2) is 17.5 Å². The molecule has 0 saturated carbocycles. The van der Waals surface area contributed by atoms with Gasteiger partial charge in [-0.1, -0.05) is 13.0 Å². The fourth-order valence-electron chi connectivity index (χ4n) is 1.99. The minimum absolute atomic E-state index is 0.242. The second kappa shape index (κ2) is 7.41. The highest BCUT2D eigenvalue weighted by Gasteiger charge is 2.20. The molecule has 0 aliphatic heterocycles. The summed E-state index contributed by atoms with van der Waals surface area (Å²) in [5.41, 5.74) is 0.242. The lowest BCUT2D eigenvalue weighted by molar-refractivity contribution is 0.180. The Kier molecular flexibility index (Phi) is 6.51. The summed E-state index contributed by atoms with van der Waals surface area (Å²) < 4.78 is 0. The molecule has 0 fully saturated rings. The largest absolute Gasteiger partial charge is 0.310 e. The van der Waals surface area contributed by atoms with Crippen molar-refractivity contribution in [2.75, 3.05) is 13.6 Å². The van der Waals surface area contributed by atoms with E-state index in [9.17, 15) is 0 Å². The molecule has 0 saturated heterocycles. The first-order chi connectivity index (χ1) is 8.85. The molecule has 110 valence electrons. The van der Waals surface area contributed by atoms with Crippen molar-refractivity contribution in [2.45, 2.75) is 65.1 Å². The lowest BCUT2D eigenvalue weighted by atomic mass is 10.0. The minimum Gasteiger partial charge on any atom is -0.310 e. The number of rotatable bonds is 8. The molecule has 2 atom stereocenters. The summed E-state index contributed by atoms with van der Waals surface area (Å²) in [6.07, 6.45) is 2.31. The lowest BCUT2D eigenvalue weighted by Gasteiger charge is -2.34. The van der Waals surface area contributed by atoms with E-state index >= 15 is 0 Å². The van der Waals surface area contributed by atoms with E-state index in [0.717, 1.165) is 19.4 Å². The van der Waals surface area contributed by atoms with E-state index in [2.05, 4.69) is 69.4 Å². The maximum absolute atomic E-state index is 3.66. The molecule has 0 bridgehead atoms. The van der Waals surface area contributed by atoms with Crippen molar-refractivity contribution in [1.82, 2.24) is 10.2 Å². The van der Waals surface area contributed by atoms with Crippen LogP contribution in [0.1, 0.15) is 45.9 Å². The van der Waals surface area contributed by atoms with Gasteiger partial charge in [0.25, 0.3) is 0 Å². The topological polar surface area (TPSA) is 15.3 Å². The summed E-state index contributed by atoms with van der Waals surface area (Å²) in [5, 5.41) is 5.83. The normalized spacial score (nSPS) is 15.7. The second-order valence-electron chi connectivity index (χ2n) is 6.27. The number of thiophene rings is 1. The number of likely N-dealkylation sites (N-methyl/N-ethyl adjacent to an activating group) is 1. The van der Waals surface area contributed by atoms with Crippen LogP contribution in [0.4, 0.5) is 0 Å². The van der Waals surface area contributed by atoms with Crippen LogP contribution < -0.4 is 5.32 Å². The Balaban J connectivity index is 2.40. The van der Waals surface area contributed by atoms with Gasteiger partial charge in [-0.15, -0.1) is 11.3 Å². The van der Waals surface area contributed by atoms with Gasteiger partial charge in [-0.3, -0.25) is 4.90 Å². The van der Waals surface area contributed by atoms with Crippen LogP contribution >= 0.6 is 11.3 Å². The van der Waals surface area contributed by atoms with Crippen LogP contribution in [-0.4, -0.2) is 36.1 Å². The highest BCUT2D eigenvalue weighted by molar-refractivity contribution is 7.09. The molecule has 19 heavy (non-hydrogen) atoms. The lowest BCUT2D eigenvalue weighted by Crippen LogP contribution is -2.48. The van der Waals surface area contributed by atoms with E-state index < -0.39 is 0 Å². The molecule has 2 unspecified atom stereocenters. The summed E-state index contributed by atoms with van der Waals surface area (Å²) in [5.74, 6) is 0. The Morgan fingerprint density at radius 2 is 2.00 bits per heavy atom. The fourth-order valence-corrected chi connectivity index (χ4v) is 2.82. The molecule has 1 heterocycles. The second-order valence-corrected chi connectivity index (χ2v) is 7.30. The predicted molar refractivity (Wildman–Crippen MR) is 87.1 cm³/mol. The first kappa shape index (κ1) is 16.7. The Bertz CT molecular complexity index is 346. The van der Waals surface area contributed by atoms with Gasteiger partial charge < -0.3 is 5.32 Å². The van der Waals surface area contributed by atoms with Gasteiger partial charge in [0.15, 0.2) is 0 Å². The molecule has 2 nitrogen and oxygen atoms in total. The third-order valence-electron chi connectivity index (χ3n) is 4.23. The molecular weight excluding hydrogens is 252 g/mol. The highest BCUT2D eigenvalue weighted by Crippen LogP contribution is 2.15. The van der Waals surface area contributed by atoms with Gasteiger partial charge in [0.1, 0.15) is 0 Å². The van der Waals surface area contributed by atoms with Gasteiger partial charge in [0.05, 0.1) is 0 Å². The molecular formula is C16H30N2S. The third-order valence-corrected chi connectivity index (χ3v) is 5.13. The molecule has 0 aliphatic carbocycles. The van der Waals surface area contributed by atoms with Crippen molar-refractivity contribution in [3.05, 3.63) is 22.4 Å². The van der Waals surface area contributed by atoms with E-state index in [0.29, 0.717) is 12.1 Å². The maximum Gasteiger partial charge on any atom is 0.0192 e. The molecule has 1 aromatic rings. The van der Waals surface area contributed by atoms with Crippen molar-refractivity contribution in [3.63, 3.8) is 0 Å². The summed E-state index contributed by atoms with van der Waals surface area (Å²) in [6, 6.07) is 5.51. The average Bonchev–Trinajstić information content (AvgIpc) is 2.87. The first-order valence-corrected chi connectivity index (χ1v) is 8.23. The van der Waals surface area contributed by atoms with Gasteiger partial charge in [-0.25, -0.2) is 0 Å². The van der Waals surface area contributed by atoms with E-state index in [1.54, 1.807) is 0 Å². The standard InChI is InChI=1S/C16H30N2S/c1-7-16(4,5)17-12-14(3)18(6)13(2)11-15-9-8-10-19-15/h8-10,13-14,17H,7,11-12H2,1-6H3. The van der Waals surface area contributed by atoms with Gasteiger partial charge in [-0.05, 0) is 59.0 Å². The summed E-state index contributed by atoms with van der Waals surface area (Å²) in [7, 11) is 2.24. The summed E-state index contributed by atoms with van der Waals surface area (Å²) in [6.45, 7) is 12.5. The van der Waals surface area contributed by atoms with Crippen molar-refractivity contribution < 1.29 is 0 Å². The van der Waals surface area contributed by atoms with Crippen molar-refractivity contribution in [2.24, 2.45) is 0 Å². The molecule has 0 radical (unpaired) electrons. The average molecular weight is 282 g/mol. The van der Waals surface area contributed by atoms with Crippen LogP contribution in [0.2, 0.25) is 0 Å². The monoisotopic (exact) mass is 282 g/mol. The molecule has 0 aromatic carbocycles. The Hall–Kier alpha value is -0.380. The van der Waals surface area contributed by atoms with Crippen LogP contribution in [0.3, 0.4) is 0 Å². The number of hydrogen-bond donors (Lipinski definition) is 1. The van der Waals surface area contributed by atoms with Gasteiger partial charge in [0.2, 0.25) is 0 Å². The molecule has 0 spiro atoms. The van der Waals surface area contributed by atoms with Crippen molar-refractivity contribution >= 4 is 11.3 Å². The van der Waals surface area contributed by atoms with Gasteiger partial charge >= 0.3 is 0 Å². The minimum atomic E-state index is 0.242. The molecule has 1 N–H and O–H groups in total. The SMILES string of the molecule is CCC(C)(C)NCC(C)N(C)C(C)Cc1cccs1. The number of nitrogens with zero attached hydrogens (tertiary/aromatic N) is 1. The van der Waals surface area contributed by atoms with Crippen molar-refractivity contribution in [1.29, 1.82) is 0 Å². The van der Waals surface area contributed by atoms with E-state index in [4.69, 9.17) is 0 Å². The quantitative estimate of drug-likeness (QED) is 0.780. The maximum atomic E-state index is 3.66. The molecule has 0 amide bonds. The number of hydrogen-bond acceptors (Lipinski definition) is 3. The van der Waals surface area contributed by atoms with Crippen LogP contribution in [0.5, 0.6) is 0 Å². The Morgan fingerprint density at radius 3 is 2.53 bits per heavy atom.